The molecule has 0 atom stereocenters. The van der Waals surface area contributed by atoms with Gasteiger partial charge in [-0.15, -0.1) is 0 Å². The van der Waals surface area contributed by atoms with Gasteiger partial charge in [-0.25, -0.2) is 0 Å². The van der Waals surface area contributed by atoms with Crippen LogP contribution >= 0.6 is 0 Å². The number of aromatic nitrogens is 2. The first-order valence-corrected chi connectivity index (χ1v) is 19.8. The van der Waals surface area contributed by atoms with Crippen molar-refractivity contribution in [1.82, 2.24) is 18.9 Å². The lowest BCUT2D eigenvalue weighted by Gasteiger charge is -2.27. The molecule has 2 heterocycles. The van der Waals surface area contributed by atoms with Crippen molar-refractivity contribution in [2.45, 2.75) is 98.3 Å². The average molecular weight is 785 g/mol. The topological polar surface area (TPSA) is 122 Å². The van der Waals surface area contributed by atoms with E-state index >= 15 is 0 Å². The normalized spacial score (nSPS) is 11.8. The smallest absolute Gasteiger partial charge is 0.320 e. The lowest BCUT2D eigenvalue weighted by molar-refractivity contribution is -0.156. The molecule has 0 aliphatic heterocycles. The number of benzene rings is 2. The molecule has 0 saturated carbocycles. The highest BCUT2D eigenvalue weighted by molar-refractivity contribution is 5.72. The lowest BCUT2D eigenvalue weighted by Crippen LogP contribution is -2.39. The highest BCUT2D eigenvalue weighted by atomic mass is 16.6. The second kappa shape index (κ2) is 21.9. The van der Waals surface area contributed by atoms with E-state index in [0.717, 1.165) is 11.1 Å². The fourth-order valence-electron chi connectivity index (χ4n) is 6.17. The first-order valence-electron chi connectivity index (χ1n) is 19.8. The molecule has 12 heteroatoms. The van der Waals surface area contributed by atoms with E-state index in [9.17, 15) is 19.2 Å². The number of pyridine rings is 2. The Bertz CT molecular complexity index is 1810. The van der Waals surface area contributed by atoms with Crippen molar-refractivity contribution >= 4 is 11.9 Å². The SMILES string of the molecule is CC(C)(C)OC(=O)CN(CCCN(CCCn1cccc(OCc2ccccc2)c1=O)CC(=O)OC(C)(C)C)CCCn1cccc(OCc2ccccc2)c1=O. The average Bonchev–Trinajstić information content (AvgIpc) is 3.14. The first kappa shape index (κ1) is 44.5. The van der Waals surface area contributed by atoms with Gasteiger partial charge in [0, 0.05) is 38.6 Å². The van der Waals surface area contributed by atoms with Gasteiger partial charge >= 0.3 is 11.9 Å². The molecule has 308 valence electrons. The van der Waals surface area contributed by atoms with Gasteiger partial charge in [0.05, 0.1) is 13.1 Å². The van der Waals surface area contributed by atoms with Gasteiger partial charge in [-0.05, 0) is 109 Å². The molecule has 0 spiro atoms. The Morgan fingerprint density at radius 2 is 0.895 bits per heavy atom. The molecule has 0 fully saturated rings. The number of hydrogen-bond acceptors (Lipinski definition) is 10. The van der Waals surface area contributed by atoms with Gasteiger partial charge in [0.1, 0.15) is 24.4 Å². The van der Waals surface area contributed by atoms with E-state index in [2.05, 4.69) is 0 Å². The summed E-state index contributed by atoms with van der Waals surface area (Å²) >= 11 is 0. The Hall–Kier alpha value is -5.20. The predicted octanol–water partition coefficient (Wildman–Crippen LogP) is 6.33. The van der Waals surface area contributed by atoms with E-state index in [1.54, 1.807) is 45.8 Å². The maximum atomic E-state index is 13.2. The largest absolute Gasteiger partial charge is 0.483 e. The molecule has 4 aromatic rings. The monoisotopic (exact) mass is 784 g/mol. The number of carbonyl (C=O) groups is 2. The summed E-state index contributed by atoms with van der Waals surface area (Å²) in [5, 5.41) is 0. The van der Waals surface area contributed by atoms with Crippen molar-refractivity contribution in [3.63, 3.8) is 0 Å². The van der Waals surface area contributed by atoms with Gasteiger partial charge < -0.3 is 28.1 Å². The number of hydrogen-bond donors (Lipinski definition) is 0. The van der Waals surface area contributed by atoms with E-state index in [4.69, 9.17) is 18.9 Å². The second-order valence-corrected chi connectivity index (χ2v) is 16.1. The van der Waals surface area contributed by atoms with Crippen LogP contribution in [0.25, 0.3) is 0 Å². The van der Waals surface area contributed by atoms with Crippen molar-refractivity contribution in [1.29, 1.82) is 0 Å². The van der Waals surface area contributed by atoms with Gasteiger partial charge in [0.15, 0.2) is 11.5 Å². The fourth-order valence-corrected chi connectivity index (χ4v) is 6.17. The standard InChI is InChI=1S/C45H60N4O8/c1-44(2,3)56-40(50)32-46(26-16-30-48-28-13-22-38(42(48)52)54-34-36-18-9-7-10-19-36)24-15-25-47(33-41(51)57-45(4,5)6)27-17-31-49-29-14-23-39(43(49)53)55-35-37-20-11-8-12-21-37/h7-14,18-23,28-29H,15-17,24-27,30-35H2,1-6H3. The van der Waals surface area contributed by atoms with Crippen molar-refractivity contribution in [3.05, 3.63) is 129 Å². The third-order valence-corrected chi connectivity index (χ3v) is 8.69. The number of nitrogens with zero attached hydrogens (tertiary/aromatic N) is 4. The number of esters is 2. The van der Waals surface area contributed by atoms with E-state index in [0.29, 0.717) is 71.7 Å². The second-order valence-electron chi connectivity index (χ2n) is 16.1. The van der Waals surface area contributed by atoms with Crippen molar-refractivity contribution in [2.75, 3.05) is 39.3 Å². The van der Waals surface area contributed by atoms with Crippen LogP contribution in [0.15, 0.2) is 107 Å². The Labute approximate surface area is 336 Å². The summed E-state index contributed by atoms with van der Waals surface area (Å²) in [6.45, 7) is 14.9. The fraction of sp³-hybridized carbons (Fsp3) is 0.467. The van der Waals surface area contributed by atoms with Gasteiger partial charge in [-0.1, -0.05) is 60.7 Å². The van der Waals surface area contributed by atoms with Crippen LogP contribution in [0.4, 0.5) is 0 Å². The molecule has 2 aromatic carbocycles. The highest BCUT2D eigenvalue weighted by Gasteiger charge is 2.22. The van der Waals surface area contributed by atoms with Gasteiger partial charge in [0.25, 0.3) is 11.1 Å². The molecular weight excluding hydrogens is 725 g/mol. The summed E-state index contributed by atoms with van der Waals surface area (Å²) < 4.78 is 26.2. The summed E-state index contributed by atoms with van der Waals surface area (Å²) in [7, 11) is 0. The third kappa shape index (κ3) is 16.8. The molecule has 0 unspecified atom stereocenters. The number of carbonyl (C=O) groups excluding carboxylic acids is 2. The van der Waals surface area contributed by atoms with Crippen LogP contribution in [0.5, 0.6) is 11.5 Å². The summed E-state index contributed by atoms with van der Waals surface area (Å²) in [6, 6.07) is 26.3. The summed E-state index contributed by atoms with van der Waals surface area (Å²) in [5.74, 6) is -0.0963. The van der Waals surface area contributed by atoms with Crippen LogP contribution in [-0.4, -0.2) is 81.3 Å². The molecule has 12 nitrogen and oxygen atoms in total. The molecule has 2 aromatic heterocycles. The summed E-state index contributed by atoms with van der Waals surface area (Å²) in [4.78, 5) is 56.4. The molecular formula is C45H60N4O8. The van der Waals surface area contributed by atoms with E-state index < -0.39 is 11.2 Å². The Morgan fingerprint density at radius 1 is 0.526 bits per heavy atom. The van der Waals surface area contributed by atoms with Crippen LogP contribution in [0, 0.1) is 0 Å². The zero-order valence-corrected chi connectivity index (χ0v) is 34.5. The third-order valence-electron chi connectivity index (χ3n) is 8.69. The maximum absolute atomic E-state index is 13.2. The van der Waals surface area contributed by atoms with Crippen molar-refractivity contribution in [2.24, 2.45) is 0 Å². The van der Waals surface area contributed by atoms with Crippen LogP contribution in [0.2, 0.25) is 0 Å². The lowest BCUT2D eigenvalue weighted by atomic mass is 10.2. The molecule has 0 amide bonds. The number of aryl methyl sites for hydroxylation is 2. The van der Waals surface area contributed by atoms with E-state index in [1.807, 2.05) is 112 Å². The van der Waals surface area contributed by atoms with Crippen molar-refractivity contribution < 1.29 is 28.5 Å². The minimum Gasteiger partial charge on any atom is -0.483 e. The Morgan fingerprint density at radius 3 is 1.26 bits per heavy atom. The number of ether oxygens (including phenoxy) is 4. The van der Waals surface area contributed by atoms with E-state index in [-0.39, 0.29) is 47.6 Å². The predicted molar refractivity (Wildman–Crippen MR) is 221 cm³/mol. The Balaban J connectivity index is 1.36. The first-order chi connectivity index (χ1) is 27.1. The molecule has 0 saturated heterocycles. The van der Waals surface area contributed by atoms with Gasteiger partial charge in [-0.3, -0.25) is 29.0 Å². The van der Waals surface area contributed by atoms with Gasteiger partial charge in [0.2, 0.25) is 0 Å². The number of rotatable bonds is 22. The zero-order chi connectivity index (χ0) is 41.3. The molecule has 0 aliphatic carbocycles. The molecule has 0 aliphatic rings. The maximum Gasteiger partial charge on any atom is 0.320 e. The quantitative estimate of drug-likeness (QED) is 0.0837. The molecule has 4 rings (SSSR count). The zero-order valence-electron chi connectivity index (χ0n) is 34.5. The minimum absolute atomic E-state index is 0.0874. The summed E-state index contributed by atoms with van der Waals surface area (Å²) in [5.41, 5.74) is 0.268. The minimum atomic E-state index is -0.629. The molecule has 0 bridgehead atoms. The summed E-state index contributed by atoms with van der Waals surface area (Å²) in [6.07, 6.45) is 5.35. The molecule has 57 heavy (non-hydrogen) atoms. The van der Waals surface area contributed by atoms with E-state index in [1.165, 1.54) is 0 Å². The highest BCUT2D eigenvalue weighted by Crippen LogP contribution is 2.12. The van der Waals surface area contributed by atoms with Crippen molar-refractivity contribution in [3.8, 4) is 11.5 Å². The molecule has 0 radical (unpaired) electrons. The van der Waals surface area contributed by atoms with Crippen LogP contribution in [0.1, 0.15) is 71.9 Å². The van der Waals surface area contributed by atoms with Crippen LogP contribution in [0.3, 0.4) is 0 Å². The van der Waals surface area contributed by atoms with Gasteiger partial charge in [-0.2, -0.15) is 0 Å². The van der Waals surface area contributed by atoms with Crippen LogP contribution < -0.4 is 20.6 Å². The Kier molecular flexibility index (Phi) is 17.1. The molecule has 0 N–H and O–H groups in total. The van der Waals surface area contributed by atoms with Crippen LogP contribution in [-0.2, 0) is 45.4 Å².